The largest absolute Gasteiger partial charge is 0.494 e. The van der Waals surface area contributed by atoms with Gasteiger partial charge in [0.1, 0.15) is 5.75 Å². The molecule has 0 aliphatic carbocycles. The number of hydrogen-bond acceptors (Lipinski definition) is 4. The minimum Gasteiger partial charge on any atom is -0.494 e. The molecule has 5 heteroatoms. The van der Waals surface area contributed by atoms with E-state index in [4.69, 9.17) is 15.2 Å². The Balaban J connectivity index is 2.08. The molecule has 0 saturated carbocycles. The number of hydrogen-bond donors (Lipinski definition) is 1. The van der Waals surface area contributed by atoms with Crippen LogP contribution in [0.5, 0.6) is 5.75 Å². The quantitative estimate of drug-likeness (QED) is 0.901. The summed E-state index contributed by atoms with van der Waals surface area (Å²) in [6.45, 7) is 6.04. The zero-order chi connectivity index (χ0) is 14.5. The molecule has 1 aliphatic rings. The van der Waals surface area contributed by atoms with Crippen LogP contribution in [0.25, 0.3) is 0 Å². The normalized spacial score (nSPS) is 22.6. The predicted molar refractivity (Wildman–Crippen MR) is 76.9 cm³/mol. The van der Waals surface area contributed by atoms with Gasteiger partial charge in [-0.2, -0.15) is 0 Å². The van der Waals surface area contributed by atoms with E-state index < -0.39 is 0 Å². The smallest absolute Gasteiger partial charge is 0.254 e. The summed E-state index contributed by atoms with van der Waals surface area (Å²) in [5.74, 6) is 0.793. The highest BCUT2D eigenvalue weighted by molar-refractivity contribution is 5.94. The van der Waals surface area contributed by atoms with E-state index in [9.17, 15) is 4.79 Å². The van der Waals surface area contributed by atoms with Crippen LogP contribution in [0.15, 0.2) is 24.3 Å². The van der Waals surface area contributed by atoms with Crippen LogP contribution in [0.4, 0.5) is 0 Å². The van der Waals surface area contributed by atoms with Crippen molar-refractivity contribution in [2.75, 3.05) is 26.3 Å². The third-order valence-corrected chi connectivity index (χ3v) is 3.44. The van der Waals surface area contributed by atoms with Crippen LogP contribution >= 0.6 is 0 Å². The third kappa shape index (κ3) is 3.29. The zero-order valence-electron chi connectivity index (χ0n) is 12.0. The van der Waals surface area contributed by atoms with Gasteiger partial charge in [-0.1, -0.05) is 0 Å². The molecular formula is C15H22N2O3. The molecule has 1 fully saturated rings. The van der Waals surface area contributed by atoms with Gasteiger partial charge >= 0.3 is 0 Å². The first-order chi connectivity index (χ1) is 9.65. The lowest BCUT2D eigenvalue weighted by molar-refractivity contribution is -0.0426. The van der Waals surface area contributed by atoms with Gasteiger partial charge in [0.15, 0.2) is 0 Å². The Labute approximate surface area is 119 Å². The number of benzene rings is 1. The molecular weight excluding hydrogens is 256 g/mol. The van der Waals surface area contributed by atoms with E-state index in [0.29, 0.717) is 31.9 Å². The Morgan fingerprint density at radius 1 is 1.45 bits per heavy atom. The highest BCUT2D eigenvalue weighted by atomic mass is 16.5. The molecule has 0 bridgehead atoms. The number of rotatable bonds is 4. The Bertz CT molecular complexity index is 447. The summed E-state index contributed by atoms with van der Waals surface area (Å²) in [4.78, 5) is 14.4. The van der Waals surface area contributed by atoms with Gasteiger partial charge in [-0.15, -0.1) is 0 Å². The average Bonchev–Trinajstić information content (AvgIpc) is 2.48. The lowest BCUT2D eigenvalue weighted by atomic mass is 10.1. The van der Waals surface area contributed by atoms with Crippen LogP contribution in [-0.4, -0.2) is 49.3 Å². The Morgan fingerprint density at radius 2 is 2.15 bits per heavy atom. The molecule has 0 radical (unpaired) electrons. The Kier molecular flexibility index (Phi) is 4.98. The van der Waals surface area contributed by atoms with Crippen molar-refractivity contribution in [3.63, 3.8) is 0 Å². The van der Waals surface area contributed by atoms with Crippen molar-refractivity contribution < 1.29 is 14.3 Å². The highest BCUT2D eigenvalue weighted by Gasteiger charge is 2.29. The number of morpholine rings is 1. The maximum absolute atomic E-state index is 12.5. The van der Waals surface area contributed by atoms with Gasteiger partial charge < -0.3 is 20.1 Å². The number of ether oxygens (including phenoxy) is 2. The Hall–Kier alpha value is -1.59. The van der Waals surface area contributed by atoms with E-state index in [-0.39, 0.29) is 18.1 Å². The van der Waals surface area contributed by atoms with Gasteiger partial charge in [0, 0.05) is 18.7 Å². The van der Waals surface area contributed by atoms with E-state index in [1.807, 2.05) is 30.9 Å². The molecule has 1 saturated heterocycles. The van der Waals surface area contributed by atoms with Crippen LogP contribution in [0.1, 0.15) is 24.2 Å². The minimum atomic E-state index is -0.0714. The van der Waals surface area contributed by atoms with Crippen LogP contribution in [0.3, 0.4) is 0 Å². The summed E-state index contributed by atoms with van der Waals surface area (Å²) in [5, 5.41) is 0. The molecule has 0 aromatic heterocycles. The van der Waals surface area contributed by atoms with Gasteiger partial charge in [0.05, 0.1) is 25.4 Å². The van der Waals surface area contributed by atoms with E-state index in [1.165, 1.54) is 0 Å². The molecule has 2 atom stereocenters. The zero-order valence-corrected chi connectivity index (χ0v) is 12.0. The summed E-state index contributed by atoms with van der Waals surface area (Å²) >= 11 is 0. The van der Waals surface area contributed by atoms with Crippen molar-refractivity contribution in [1.29, 1.82) is 0 Å². The summed E-state index contributed by atoms with van der Waals surface area (Å²) in [6.07, 6.45) is -0.0714. The molecule has 2 unspecified atom stereocenters. The lowest BCUT2D eigenvalue weighted by Gasteiger charge is -2.37. The van der Waals surface area contributed by atoms with E-state index in [2.05, 4.69) is 0 Å². The highest BCUT2D eigenvalue weighted by Crippen LogP contribution is 2.18. The second kappa shape index (κ2) is 6.72. The SMILES string of the molecule is CCOc1ccc(C(=O)N2CC(CN)OCC2C)cc1. The average molecular weight is 278 g/mol. The fourth-order valence-electron chi connectivity index (χ4n) is 2.27. The fraction of sp³-hybridized carbons (Fsp3) is 0.533. The number of carbonyl (C=O) groups is 1. The molecule has 2 N–H and O–H groups in total. The monoisotopic (exact) mass is 278 g/mol. The number of nitrogens with two attached hydrogens (primary N) is 1. The minimum absolute atomic E-state index is 0.0160. The number of amides is 1. The molecule has 110 valence electrons. The second-order valence-electron chi connectivity index (χ2n) is 4.95. The first-order valence-electron chi connectivity index (χ1n) is 7.01. The lowest BCUT2D eigenvalue weighted by Crippen LogP contribution is -2.52. The van der Waals surface area contributed by atoms with E-state index in [1.54, 1.807) is 12.1 Å². The molecule has 0 spiro atoms. The van der Waals surface area contributed by atoms with Crippen molar-refractivity contribution in [3.8, 4) is 5.75 Å². The van der Waals surface area contributed by atoms with E-state index in [0.717, 1.165) is 5.75 Å². The van der Waals surface area contributed by atoms with Crippen molar-refractivity contribution in [2.24, 2.45) is 5.73 Å². The maximum atomic E-state index is 12.5. The molecule has 5 nitrogen and oxygen atoms in total. The van der Waals surface area contributed by atoms with Crippen molar-refractivity contribution in [1.82, 2.24) is 4.90 Å². The van der Waals surface area contributed by atoms with Crippen molar-refractivity contribution >= 4 is 5.91 Å². The van der Waals surface area contributed by atoms with Gasteiger partial charge in [-0.3, -0.25) is 4.79 Å². The Morgan fingerprint density at radius 3 is 2.75 bits per heavy atom. The van der Waals surface area contributed by atoms with Crippen LogP contribution < -0.4 is 10.5 Å². The summed E-state index contributed by atoms with van der Waals surface area (Å²) in [6, 6.07) is 7.31. The topological polar surface area (TPSA) is 64.8 Å². The number of carbonyl (C=O) groups excluding carboxylic acids is 1. The molecule has 1 amide bonds. The third-order valence-electron chi connectivity index (χ3n) is 3.44. The van der Waals surface area contributed by atoms with E-state index >= 15 is 0 Å². The van der Waals surface area contributed by atoms with Gasteiger partial charge in [0.25, 0.3) is 5.91 Å². The van der Waals surface area contributed by atoms with Gasteiger partial charge in [0.2, 0.25) is 0 Å². The summed E-state index contributed by atoms with van der Waals surface area (Å²) in [5.41, 5.74) is 6.29. The molecule has 20 heavy (non-hydrogen) atoms. The van der Waals surface area contributed by atoms with Crippen LogP contribution in [0, 0.1) is 0 Å². The predicted octanol–water partition coefficient (Wildman–Crippen LogP) is 1.27. The van der Waals surface area contributed by atoms with Crippen LogP contribution in [0.2, 0.25) is 0 Å². The molecule has 1 heterocycles. The second-order valence-corrected chi connectivity index (χ2v) is 4.95. The van der Waals surface area contributed by atoms with Crippen molar-refractivity contribution in [3.05, 3.63) is 29.8 Å². The first kappa shape index (κ1) is 14.8. The van der Waals surface area contributed by atoms with Gasteiger partial charge in [-0.05, 0) is 38.1 Å². The standard InChI is InChI=1S/C15H22N2O3/c1-3-19-13-6-4-12(5-7-13)15(18)17-9-14(8-16)20-10-11(17)2/h4-7,11,14H,3,8-10,16H2,1-2H3. The van der Waals surface area contributed by atoms with Gasteiger partial charge in [-0.25, -0.2) is 0 Å². The first-order valence-corrected chi connectivity index (χ1v) is 7.01. The maximum Gasteiger partial charge on any atom is 0.254 e. The summed E-state index contributed by atoms with van der Waals surface area (Å²) < 4.78 is 10.9. The fourth-order valence-corrected chi connectivity index (χ4v) is 2.27. The van der Waals surface area contributed by atoms with Crippen molar-refractivity contribution in [2.45, 2.75) is 26.0 Å². The molecule has 1 aliphatic heterocycles. The summed E-state index contributed by atoms with van der Waals surface area (Å²) in [7, 11) is 0. The molecule has 1 aromatic rings. The molecule has 1 aromatic carbocycles. The molecule has 2 rings (SSSR count). The number of nitrogens with zero attached hydrogens (tertiary/aromatic N) is 1. The van der Waals surface area contributed by atoms with Crippen LogP contribution in [-0.2, 0) is 4.74 Å².